The van der Waals surface area contributed by atoms with E-state index in [0.717, 1.165) is 12.1 Å². The molecule has 0 heterocycles. The lowest BCUT2D eigenvalue weighted by molar-refractivity contribution is 0.0741. The van der Waals surface area contributed by atoms with Crippen LogP contribution in [0.3, 0.4) is 0 Å². The molecule has 7 heteroatoms. The predicted molar refractivity (Wildman–Crippen MR) is 66.4 cm³/mol. The van der Waals surface area contributed by atoms with Crippen molar-refractivity contribution >= 4 is 5.78 Å². The summed E-state index contributed by atoms with van der Waals surface area (Å²) in [6, 6.07) is 1.88. The molecule has 1 rings (SSSR count). The number of nitrogens with zero attached hydrogens (tertiary/aromatic N) is 1. The summed E-state index contributed by atoms with van der Waals surface area (Å²) in [4.78, 5) is 12.4. The normalized spacial score (nSPS) is 11.3. The van der Waals surface area contributed by atoms with Gasteiger partial charge in [0.1, 0.15) is 11.6 Å². The van der Waals surface area contributed by atoms with Gasteiger partial charge in [0, 0.05) is 18.7 Å². The maximum atomic E-state index is 13.4. The summed E-state index contributed by atoms with van der Waals surface area (Å²) in [7, 11) is 0. The molecule has 112 valence electrons. The number of Topliss-reactive ketones (excluding diaryl/α,β-unsaturated/α-hetero) is 1. The summed E-state index contributed by atoms with van der Waals surface area (Å²) in [5.41, 5.74) is -0.162. The first-order valence-corrected chi connectivity index (χ1v) is 5.98. The molecule has 0 saturated heterocycles. The molecule has 0 bridgehead atoms. The number of carbonyl (C=O) groups is 1. The van der Waals surface area contributed by atoms with Crippen molar-refractivity contribution in [2.75, 3.05) is 19.7 Å². The second-order valence-corrected chi connectivity index (χ2v) is 4.37. The van der Waals surface area contributed by atoms with Crippen molar-refractivity contribution in [1.82, 2.24) is 4.90 Å². The number of aliphatic hydroxyl groups is 1. The highest BCUT2D eigenvalue weighted by Crippen LogP contribution is 2.26. The van der Waals surface area contributed by atoms with Gasteiger partial charge in [-0.05, 0) is 19.1 Å². The summed E-state index contributed by atoms with van der Waals surface area (Å²) in [5, 5.41) is 18.7. The van der Waals surface area contributed by atoms with Gasteiger partial charge in [0.25, 0.3) is 6.43 Å². The van der Waals surface area contributed by atoms with Gasteiger partial charge in [-0.3, -0.25) is 9.69 Å². The maximum absolute atomic E-state index is 13.4. The van der Waals surface area contributed by atoms with Crippen molar-refractivity contribution in [3.05, 3.63) is 29.1 Å². The van der Waals surface area contributed by atoms with Gasteiger partial charge in [0.05, 0.1) is 18.7 Å². The Balaban J connectivity index is 3.02. The number of ketones is 1. The molecule has 0 atom stereocenters. The number of carbonyl (C=O) groups excluding carboxylic acids is 1. The van der Waals surface area contributed by atoms with Crippen LogP contribution >= 0.6 is 0 Å². The van der Waals surface area contributed by atoms with E-state index in [2.05, 4.69) is 0 Å². The topological polar surface area (TPSA) is 60.8 Å². The van der Waals surface area contributed by atoms with E-state index in [0.29, 0.717) is 0 Å². The molecule has 0 aliphatic rings. The number of phenols is 1. The van der Waals surface area contributed by atoms with Crippen molar-refractivity contribution in [3.8, 4) is 5.75 Å². The Morgan fingerprint density at radius 3 is 2.55 bits per heavy atom. The Hall–Kier alpha value is -1.60. The molecule has 0 unspecified atom stereocenters. The zero-order valence-corrected chi connectivity index (χ0v) is 10.9. The molecule has 0 spiro atoms. The number of benzene rings is 1. The average Bonchev–Trinajstić information content (AvgIpc) is 2.32. The van der Waals surface area contributed by atoms with E-state index in [4.69, 9.17) is 5.11 Å². The van der Waals surface area contributed by atoms with Gasteiger partial charge in [-0.25, -0.2) is 13.2 Å². The van der Waals surface area contributed by atoms with Crippen molar-refractivity contribution in [2.45, 2.75) is 19.9 Å². The van der Waals surface area contributed by atoms with Crippen LogP contribution in [-0.2, 0) is 6.54 Å². The summed E-state index contributed by atoms with van der Waals surface area (Å²) in [6.07, 6.45) is -2.62. The molecule has 0 saturated carbocycles. The lowest BCUT2D eigenvalue weighted by atomic mass is 10.0. The first-order chi connectivity index (χ1) is 9.35. The molecule has 20 heavy (non-hydrogen) atoms. The fourth-order valence-electron chi connectivity index (χ4n) is 1.86. The SMILES string of the molecule is CC(=O)c1cc(F)cc(CN(CCO)CC(F)F)c1O. The summed E-state index contributed by atoms with van der Waals surface area (Å²) in [6.45, 7) is -0.0261. The number of aromatic hydroxyl groups is 1. The second-order valence-electron chi connectivity index (χ2n) is 4.37. The summed E-state index contributed by atoms with van der Waals surface area (Å²) < 4.78 is 38.2. The molecule has 0 aromatic heterocycles. The number of hydrogen-bond acceptors (Lipinski definition) is 4. The Morgan fingerprint density at radius 1 is 1.40 bits per heavy atom. The molecule has 4 nitrogen and oxygen atoms in total. The van der Waals surface area contributed by atoms with Gasteiger partial charge in [-0.15, -0.1) is 0 Å². The Morgan fingerprint density at radius 2 is 2.05 bits per heavy atom. The molecule has 0 fully saturated rings. The van der Waals surface area contributed by atoms with Crippen LogP contribution in [0.5, 0.6) is 5.75 Å². The molecule has 0 radical (unpaired) electrons. The zero-order valence-electron chi connectivity index (χ0n) is 10.9. The quantitative estimate of drug-likeness (QED) is 0.752. The van der Waals surface area contributed by atoms with Crippen molar-refractivity contribution in [2.24, 2.45) is 0 Å². The second kappa shape index (κ2) is 7.25. The van der Waals surface area contributed by atoms with Crippen LogP contribution < -0.4 is 0 Å². The molecule has 1 aromatic carbocycles. The molecule has 0 amide bonds. The fraction of sp³-hybridized carbons (Fsp3) is 0.462. The number of aliphatic hydroxyl groups excluding tert-OH is 1. The van der Waals surface area contributed by atoms with Gasteiger partial charge in [-0.2, -0.15) is 0 Å². The first-order valence-electron chi connectivity index (χ1n) is 5.98. The van der Waals surface area contributed by atoms with Crippen molar-refractivity contribution in [3.63, 3.8) is 0 Å². The molecule has 0 aliphatic carbocycles. The van der Waals surface area contributed by atoms with Gasteiger partial charge in [0.2, 0.25) is 0 Å². The zero-order chi connectivity index (χ0) is 15.3. The van der Waals surface area contributed by atoms with E-state index in [1.807, 2.05) is 0 Å². The minimum absolute atomic E-state index is 0.0318. The van der Waals surface area contributed by atoms with E-state index in [9.17, 15) is 23.1 Å². The highest BCUT2D eigenvalue weighted by molar-refractivity contribution is 5.97. The van der Waals surface area contributed by atoms with E-state index in [-0.39, 0.29) is 30.8 Å². The third-order valence-corrected chi connectivity index (χ3v) is 2.74. The smallest absolute Gasteiger partial charge is 0.251 e. The van der Waals surface area contributed by atoms with Gasteiger partial charge >= 0.3 is 0 Å². The average molecular weight is 291 g/mol. The molecule has 2 N–H and O–H groups in total. The van der Waals surface area contributed by atoms with Crippen LogP contribution in [0, 0.1) is 5.82 Å². The first kappa shape index (κ1) is 16.5. The molecule has 1 aromatic rings. The maximum Gasteiger partial charge on any atom is 0.251 e. The molecular weight excluding hydrogens is 275 g/mol. The molecular formula is C13H16F3NO3. The van der Waals surface area contributed by atoms with Gasteiger partial charge < -0.3 is 10.2 Å². The third kappa shape index (κ3) is 4.50. The van der Waals surface area contributed by atoms with E-state index < -0.39 is 30.3 Å². The van der Waals surface area contributed by atoms with Crippen LogP contribution in [0.2, 0.25) is 0 Å². The summed E-state index contributed by atoms with van der Waals surface area (Å²) >= 11 is 0. The van der Waals surface area contributed by atoms with Crippen molar-refractivity contribution < 1.29 is 28.2 Å². The van der Waals surface area contributed by atoms with Crippen LogP contribution in [0.25, 0.3) is 0 Å². The standard InChI is InChI=1S/C13H16F3NO3/c1-8(19)11-5-10(14)4-9(13(11)20)6-17(2-3-18)7-12(15)16/h4-5,12,18,20H,2-3,6-7H2,1H3. The Labute approximate surface area is 114 Å². The number of alkyl halides is 2. The van der Waals surface area contributed by atoms with Crippen LogP contribution in [0.4, 0.5) is 13.2 Å². The largest absolute Gasteiger partial charge is 0.507 e. The fourth-order valence-corrected chi connectivity index (χ4v) is 1.86. The highest BCUT2D eigenvalue weighted by atomic mass is 19.3. The van der Waals surface area contributed by atoms with Crippen LogP contribution in [0.15, 0.2) is 12.1 Å². The predicted octanol–water partition coefficient (Wildman–Crippen LogP) is 1.79. The number of hydrogen-bond donors (Lipinski definition) is 2. The van der Waals surface area contributed by atoms with Gasteiger partial charge in [-0.1, -0.05) is 0 Å². The summed E-state index contributed by atoms with van der Waals surface area (Å²) in [5.74, 6) is -1.68. The van der Waals surface area contributed by atoms with E-state index in [1.165, 1.54) is 11.8 Å². The monoisotopic (exact) mass is 291 g/mol. The van der Waals surface area contributed by atoms with E-state index in [1.54, 1.807) is 0 Å². The number of phenolic OH excluding ortho intramolecular Hbond substituents is 1. The lowest BCUT2D eigenvalue weighted by Crippen LogP contribution is -2.31. The number of halogens is 3. The Kier molecular flexibility index (Phi) is 5.97. The van der Waals surface area contributed by atoms with Crippen molar-refractivity contribution in [1.29, 1.82) is 0 Å². The molecule has 0 aliphatic heterocycles. The van der Waals surface area contributed by atoms with E-state index >= 15 is 0 Å². The third-order valence-electron chi connectivity index (χ3n) is 2.74. The number of rotatable bonds is 7. The van der Waals surface area contributed by atoms with Crippen LogP contribution in [0.1, 0.15) is 22.8 Å². The minimum Gasteiger partial charge on any atom is -0.507 e. The van der Waals surface area contributed by atoms with Gasteiger partial charge in [0.15, 0.2) is 5.78 Å². The Bertz CT molecular complexity index is 480. The van der Waals surface area contributed by atoms with Crippen LogP contribution in [-0.4, -0.2) is 47.0 Å². The lowest BCUT2D eigenvalue weighted by Gasteiger charge is -2.21. The highest BCUT2D eigenvalue weighted by Gasteiger charge is 2.18. The minimum atomic E-state index is -2.62.